The molecule has 0 saturated carbocycles. The molecule has 1 saturated heterocycles. The van der Waals surface area contributed by atoms with Crippen LogP contribution in [0.5, 0.6) is 0 Å². The van der Waals surface area contributed by atoms with Gasteiger partial charge in [0.15, 0.2) is 5.82 Å². The summed E-state index contributed by atoms with van der Waals surface area (Å²) in [5.74, 6) is 2.06. The highest BCUT2D eigenvalue weighted by Crippen LogP contribution is 2.30. The van der Waals surface area contributed by atoms with E-state index in [9.17, 15) is 0 Å². The molecule has 2 aromatic heterocycles. The highest BCUT2D eigenvalue weighted by molar-refractivity contribution is 5.70. The molecule has 0 bridgehead atoms. The van der Waals surface area contributed by atoms with Crippen molar-refractivity contribution in [2.45, 2.75) is 45.6 Å². The molecule has 21 heavy (non-hydrogen) atoms. The molecule has 0 spiro atoms. The summed E-state index contributed by atoms with van der Waals surface area (Å²) in [5.41, 5.74) is 8.23. The van der Waals surface area contributed by atoms with Gasteiger partial charge in [-0.05, 0) is 30.7 Å². The van der Waals surface area contributed by atoms with E-state index < -0.39 is 0 Å². The van der Waals surface area contributed by atoms with E-state index in [1.165, 1.54) is 12.8 Å². The van der Waals surface area contributed by atoms with E-state index in [0.29, 0.717) is 24.4 Å². The lowest BCUT2D eigenvalue weighted by Crippen LogP contribution is -2.49. The normalized spacial score (nSPS) is 23.2. The first-order chi connectivity index (χ1) is 10.1. The minimum absolute atomic E-state index is 0.370. The lowest BCUT2D eigenvalue weighted by Gasteiger charge is -2.40. The van der Waals surface area contributed by atoms with Crippen LogP contribution >= 0.6 is 0 Å². The summed E-state index contributed by atoms with van der Waals surface area (Å²) in [6.45, 7) is 8.33. The van der Waals surface area contributed by atoms with Crippen molar-refractivity contribution >= 4 is 11.3 Å². The molecule has 2 aromatic rings. The maximum atomic E-state index is 6.03. The van der Waals surface area contributed by atoms with E-state index in [2.05, 4.69) is 41.8 Å². The molecular weight excluding hydrogens is 262 g/mol. The maximum Gasteiger partial charge on any atom is 0.154 e. The maximum absolute atomic E-state index is 6.03. The van der Waals surface area contributed by atoms with Gasteiger partial charge in [0, 0.05) is 31.5 Å². The minimum atomic E-state index is 0.370. The minimum Gasteiger partial charge on any atom is -0.350 e. The predicted molar refractivity (Wildman–Crippen MR) is 85.7 cm³/mol. The standard InChI is InChI=1S/C16H25N5/c1-11(2)13-9-14-16(18-6-8-21(14)19-13)20-7-4-5-12(3)15(20)10-17/h6,8-9,11-12,15H,4-5,7,10,17H2,1-3H3. The molecule has 5 heteroatoms. The molecule has 1 aliphatic rings. The smallest absolute Gasteiger partial charge is 0.154 e. The van der Waals surface area contributed by atoms with Gasteiger partial charge in [-0.25, -0.2) is 9.50 Å². The van der Waals surface area contributed by atoms with Gasteiger partial charge in [0.25, 0.3) is 0 Å². The average molecular weight is 287 g/mol. The van der Waals surface area contributed by atoms with Crippen molar-refractivity contribution in [1.82, 2.24) is 14.6 Å². The molecule has 3 rings (SSSR count). The molecule has 114 valence electrons. The second-order valence-corrected chi connectivity index (χ2v) is 6.42. The zero-order valence-corrected chi connectivity index (χ0v) is 13.2. The first-order valence-electron chi connectivity index (χ1n) is 7.92. The fourth-order valence-electron chi connectivity index (χ4n) is 3.30. The topological polar surface area (TPSA) is 59.5 Å². The van der Waals surface area contributed by atoms with Crippen LogP contribution in [-0.2, 0) is 0 Å². The van der Waals surface area contributed by atoms with Crippen LogP contribution in [0.25, 0.3) is 5.52 Å². The zero-order valence-electron chi connectivity index (χ0n) is 13.2. The predicted octanol–water partition coefficient (Wildman–Crippen LogP) is 2.42. The molecule has 2 atom stereocenters. The monoisotopic (exact) mass is 287 g/mol. The Balaban J connectivity index is 2.06. The van der Waals surface area contributed by atoms with Crippen molar-refractivity contribution < 1.29 is 0 Å². The molecule has 0 amide bonds. The third kappa shape index (κ3) is 2.50. The summed E-state index contributed by atoms with van der Waals surface area (Å²) in [5, 5.41) is 4.66. The fourth-order valence-corrected chi connectivity index (χ4v) is 3.30. The number of hydrogen-bond acceptors (Lipinski definition) is 4. The molecule has 2 N–H and O–H groups in total. The van der Waals surface area contributed by atoms with Gasteiger partial charge in [0.2, 0.25) is 0 Å². The molecule has 0 aliphatic carbocycles. The number of fused-ring (bicyclic) bond motifs is 1. The summed E-state index contributed by atoms with van der Waals surface area (Å²) in [6.07, 6.45) is 6.21. The lowest BCUT2D eigenvalue weighted by atomic mass is 9.91. The van der Waals surface area contributed by atoms with Crippen LogP contribution < -0.4 is 10.6 Å². The highest BCUT2D eigenvalue weighted by atomic mass is 15.3. The van der Waals surface area contributed by atoms with Crippen molar-refractivity contribution in [3.8, 4) is 0 Å². The van der Waals surface area contributed by atoms with Crippen LogP contribution in [0.1, 0.15) is 45.2 Å². The summed E-state index contributed by atoms with van der Waals surface area (Å²) in [6, 6.07) is 2.54. The second-order valence-electron chi connectivity index (χ2n) is 6.42. The van der Waals surface area contributed by atoms with Gasteiger partial charge in [-0.2, -0.15) is 5.10 Å². The van der Waals surface area contributed by atoms with Gasteiger partial charge < -0.3 is 10.6 Å². The Kier molecular flexibility index (Phi) is 3.85. The molecule has 1 aliphatic heterocycles. The quantitative estimate of drug-likeness (QED) is 0.942. The van der Waals surface area contributed by atoms with Crippen molar-refractivity contribution in [3.63, 3.8) is 0 Å². The van der Waals surface area contributed by atoms with E-state index in [1.807, 2.05) is 16.9 Å². The fraction of sp³-hybridized carbons (Fsp3) is 0.625. The third-order valence-corrected chi connectivity index (χ3v) is 4.61. The van der Waals surface area contributed by atoms with Gasteiger partial charge in [0.05, 0.1) is 5.69 Å². The Morgan fingerprint density at radius 3 is 2.95 bits per heavy atom. The third-order valence-electron chi connectivity index (χ3n) is 4.61. The van der Waals surface area contributed by atoms with Gasteiger partial charge in [0.1, 0.15) is 5.52 Å². The van der Waals surface area contributed by atoms with Crippen molar-refractivity contribution in [2.24, 2.45) is 11.7 Å². The van der Waals surface area contributed by atoms with Gasteiger partial charge in [-0.1, -0.05) is 20.8 Å². The van der Waals surface area contributed by atoms with Crippen molar-refractivity contribution in [3.05, 3.63) is 24.2 Å². The van der Waals surface area contributed by atoms with Gasteiger partial charge in [-0.3, -0.25) is 0 Å². The summed E-state index contributed by atoms with van der Waals surface area (Å²) in [4.78, 5) is 7.03. The first kappa shape index (κ1) is 14.3. The van der Waals surface area contributed by atoms with Crippen LogP contribution in [0.2, 0.25) is 0 Å². The largest absolute Gasteiger partial charge is 0.350 e. The Bertz CT molecular complexity index is 618. The second kappa shape index (κ2) is 5.64. The molecule has 0 aromatic carbocycles. The molecule has 3 heterocycles. The van der Waals surface area contributed by atoms with Gasteiger partial charge >= 0.3 is 0 Å². The zero-order chi connectivity index (χ0) is 15.0. The van der Waals surface area contributed by atoms with Crippen LogP contribution in [0, 0.1) is 5.92 Å². The molecule has 2 unspecified atom stereocenters. The van der Waals surface area contributed by atoms with Crippen LogP contribution in [0.15, 0.2) is 18.5 Å². The summed E-state index contributed by atoms with van der Waals surface area (Å²) >= 11 is 0. The number of anilines is 1. The number of hydrogen-bond donors (Lipinski definition) is 1. The Hall–Kier alpha value is -1.62. The highest BCUT2D eigenvalue weighted by Gasteiger charge is 2.29. The summed E-state index contributed by atoms with van der Waals surface area (Å²) < 4.78 is 1.95. The van der Waals surface area contributed by atoms with E-state index >= 15 is 0 Å². The average Bonchev–Trinajstić information content (AvgIpc) is 2.91. The Morgan fingerprint density at radius 2 is 2.24 bits per heavy atom. The Morgan fingerprint density at radius 1 is 1.43 bits per heavy atom. The Labute approximate surface area is 126 Å². The molecule has 5 nitrogen and oxygen atoms in total. The first-order valence-corrected chi connectivity index (χ1v) is 7.92. The van der Waals surface area contributed by atoms with E-state index in [4.69, 9.17) is 5.73 Å². The van der Waals surface area contributed by atoms with Crippen molar-refractivity contribution in [2.75, 3.05) is 18.0 Å². The molecule has 1 fully saturated rings. The molecular formula is C16H25N5. The van der Waals surface area contributed by atoms with E-state index in [1.54, 1.807) is 0 Å². The number of aromatic nitrogens is 3. The summed E-state index contributed by atoms with van der Waals surface area (Å²) in [7, 11) is 0. The van der Waals surface area contributed by atoms with E-state index in [0.717, 1.165) is 23.6 Å². The van der Waals surface area contributed by atoms with Crippen LogP contribution in [0.4, 0.5) is 5.82 Å². The van der Waals surface area contributed by atoms with Crippen molar-refractivity contribution in [1.29, 1.82) is 0 Å². The number of nitrogens with two attached hydrogens (primary N) is 1. The van der Waals surface area contributed by atoms with Crippen LogP contribution in [-0.4, -0.2) is 33.7 Å². The van der Waals surface area contributed by atoms with Gasteiger partial charge in [-0.15, -0.1) is 0 Å². The lowest BCUT2D eigenvalue weighted by molar-refractivity contribution is 0.348. The number of rotatable bonds is 3. The van der Waals surface area contributed by atoms with Crippen LogP contribution in [0.3, 0.4) is 0 Å². The number of nitrogens with zero attached hydrogens (tertiary/aromatic N) is 4. The number of piperidine rings is 1. The molecule has 0 radical (unpaired) electrons. The van der Waals surface area contributed by atoms with E-state index in [-0.39, 0.29) is 0 Å². The SMILES string of the molecule is CC(C)c1cc2c(N3CCCC(C)C3CN)nccn2n1.